The summed E-state index contributed by atoms with van der Waals surface area (Å²) in [6.07, 6.45) is 3.16. The predicted molar refractivity (Wildman–Crippen MR) is 73.3 cm³/mol. The first-order valence-corrected chi connectivity index (χ1v) is 7.13. The van der Waals surface area contributed by atoms with Gasteiger partial charge >= 0.3 is 6.09 Å². The lowest BCUT2D eigenvalue weighted by molar-refractivity contribution is -0.123. The van der Waals surface area contributed by atoms with Crippen LogP contribution >= 0.6 is 0 Å². The van der Waals surface area contributed by atoms with E-state index in [0.717, 1.165) is 25.0 Å². The normalized spacial score (nSPS) is 22.9. The molecular weight excluding hydrogens is 272 g/mol. The van der Waals surface area contributed by atoms with Crippen molar-refractivity contribution in [3.8, 4) is 0 Å². The molecule has 112 valence electrons. The molecule has 1 aromatic heterocycles. The zero-order chi connectivity index (χ0) is 14.9. The Kier molecular flexibility index (Phi) is 3.48. The molecular formula is C14H18N4O3. The Balaban J connectivity index is 1.49. The van der Waals surface area contributed by atoms with Gasteiger partial charge in [0.05, 0.1) is 12.2 Å². The van der Waals surface area contributed by atoms with Crippen LogP contribution < -0.4 is 5.32 Å². The van der Waals surface area contributed by atoms with Crippen LogP contribution in [0.2, 0.25) is 0 Å². The fourth-order valence-electron chi connectivity index (χ4n) is 3.14. The number of nitrogens with zero attached hydrogens (tertiary/aromatic N) is 3. The lowest BCUT2D eigenvalue weighted by Gasteiger charge is -2.30. The number of amides is 2. The fraction of sp³-hybridized carbons (Fsp3) is 0.571. The molecule has 2 fully saturated rings. The largest absolute Gasteiger partial charge is 0.465 e. The second kappa shape index (κ2) is 5.31. The molecule has 1 aliphatic carbocycles. The van der Waals surface area contributed by atoms with E-state index in [-0.39, 0.29) is 17.2 Å². The molecule has 1 unspecified atom stereocenters. The molecule has 2 N–H and O–H groups in total. The summed E-state index contributed by atoms with van der Waals surface area (Å²) in [6, 6.07) is 3.61. The molecule has 0 radical (unpaired) electrons. The summed E-state index contributed by atoms with van der Waals surface area (Å²) in [5.41, 5.74) is 0.763. The summed E-state index contributed by atoms with van der Waals surface area (Å²) in [5, 5.41) is 19.5. The van der Waals surface area contributed by atoms with E-state index in [1.807, 2.05) is 6.07 Å². The van der Waals surface area contributed by atoms with Crippen molar-refractivity contribution in [2.45, 2.75) is 25.8 Å². The number of nitrogens with one attached hydrogen (secondary N) is 1. The van der Waals surface area contributed by atoms with E-state index in [2.05, 4.69) is 15.5 Å². The Bertz CT molecular complexity index is 540. The van der Waals surface area contributed by atoms with E-state index in [0.29, 0.717) is 19.6 Å². The first-order valence-electron chi connectivity index (χ1n) is 7.13. The van der Waals surface area contributed by atoms with Crippen LogP contribution in [0.4, 0.5) is 4.79 Å². The van der Waals surface area contributed by atoms with Crippen molar-refractivity contribution < 1.29 is 14.7 Å². The molecule has 1 saturated carbocycles. The first kappa shape index (κ1) is 13.8. The highest BCUT2D eigenvalue weighted by atomic mass is 16.4. The molecule has 21 heavy (non-hydrogen) atoms. The lowest BCUT2D eigenvalue weighted by atomic mass is 9.91. The molecule has 1 aliphatic heterocycles. The van der Waals surface area contributed by atoms with E-state index in [1.54, 1.807) is 12.3 Å². The van der Waals surface area contributed by atoms with Crippen LogP contribution in [0.1, 0.15) is 25.0 Å². The van der Waals surface area contributed by atoms with Gasteiger partial charge in [0, 0.05) is 25.2 Å². The molecule has 2 aliphatic rings. The van der Waals surface area contributed by atoms with Crippen molar-refractivity contribution in [1.82, 2.24) is 20.4 Å². The molecule has 1 spiro atoms. The second-order valence-electron chi connectivity index (χ2n) is 5.82. The Morgan fingerprint density at radius 1 is 1.43 bits per heavy atom. The van der Waals surface area contributed by atoms with Crippen LogP contribution in [-0.2, 0) is 11.3 Å². The third-order valence-corrected chi connectivity index (χ3v) is 4.61. The summed E-state index contributed by atoms with van der Waals surface area (Å²) in [6.45, 7) is 1.45. The highest BCUT2D eigenvalue weighted by molar-refractivity contribution is 5.82. The van der Waals surface area contributed by atoms with E-state index in [9.17, 15) is 9.59 Å². The number of likely N-dealkylation sites (tertiary alicyclic amines) is 1. The molecule has 2 heterocycles. The minimum atomic E-state index is -0.867. The van der Waals surface area contributed by atoms with Crippen molar-refractivity contribution >= 4 is 12.0 Å². The van der Waals surface area contributed by atoms with Crippen LogP contribution in [0, 0.1) is 11.3 Å². The van der Waals surface area contributed by atoms with Gasteiger partial charge in [-0.1, -0.05) is 0 Å². The van der Waals surface area contributed by atoms with Gasteiger partial charge < -0.3 is 15.3 Å². The maximum absolute atomic E-state index is 12.2. The molecule has 7 heteroatoms. The minimum Gasteiger partial charge on any atom is -0.465 e. The second-order valence-corrected chi connectivity index (χ2v) is 5.82. The van der Waals surface area contributed by atoms with Gasteiger partial charge in [-0.05, 0) is 36.8 Å². The van der Waals surface area contributed by atoms with Crippen molar-refractivity contribution in [1.29, 1.82) is 0 Å². The highest BCUT2D eigenvalue weighted by Gasteiger charge is 2.58. The van der Waals surface area contributed by atoms with E-state index in [4.69, 9.17) is 5.11 Å². The van der Waals surface area contributed by atoms with Crippen LogP contribution in [0.3, 0.4) is 0 Å². The van der Waals surface area contributed by atoms with Gasteiger partial charge in [-0.25, -0.2) is 4.79 Å². The molecule has 1 atom stereocenters. The highest BCUT2D eigenvalue weighted by Crippen LogP contribution is 2.59. The summed E-state index contributed by atoms with van der Waals surface area (Å²) in [4.78, 5) is 24.5. The summed E-state index contributed by atoms with van der Waals surface area (Å²) in [7, 11) is 0. The minimum absolute atomic E-state index is 0.0186. The number of piperidine rings is 1. The number of aromatic nitrogens is 2. The maximum atomic E-state index is 12.2. The molecule has 1 aromatic rings. The zero-order valence-corrected chi connectivity index (χ0v) is 11.7. The average Bonchev–Trinajstić information content (AvgIpc) is 3.20. The van der Waals surface area contributed by atoms with E-state index in [1.165, 1.54) is 4.90 Å². The predicted octanol–water partition coefficient (Wildman–Crippen LogP) is 0.873. The quantitative estimate of drug-likeness (QED) is 0.861. The number of hydrogen-bond donors (Lipinski definition) is 2. The van der Waals surface area contributed by atoms with Crippen LogP contribution in [0.25, 0.3) is 0 Å². The van der Waals surface area contributed by atoms with Crippen molar-refractivity contribution in [2.24, 2.45) is 11.3 Å². The Morgan fingerprint density at radius 3 is 2.81 bits per heavy atom. The van der Waals surface area contributed by atoms with Gasteiger partial charge in [0.15, 0.2) is 0 Å². The van der Waals surface area contributed by atoms with Crippen molar-refractivity contribution in [2.75, 3.05) is 13.1 Å². The van der Waals surface area contributed by atoms with Crippen LogP contribution in [0.5, 0.6) is 0 Å². The Morgan fingerprint density at radius 2 is 2.19 bits per heavy atom. The molecule has 3 rings (SSSR count). The van der Waals surface area contributed by atoms with Gasteiger partial charge in [0.1, 0.15) is 0 Å². The standard InChI is InChI=1S/C14H18N4O3/c19-12(15-9-10-2-1-5-16-17-10)11-8-14(11)3-6-18(7-4-14)13(20)21/h1-2,5,11H,3-4,6-9H2,(H,15,19)(H,20,21). The zero-order valence-electron chi connectivity index (χ0n) is 11.7. The van der Waals surface area contributed by atoms with E-state index < -0.39 is 6.09 Å². The number of rotatable bonds is 3. The van der Waals surface area contributed by atoms with Gasteiger partial charge in [-0.15, -0.1) is 0 Å². The van der Waals surface area contributed by atoms with Crippen molar-refractivity contribution in [3.05, 3.63) is 24.0 Å². The third-order valence-electron chi connectivity index (χ3n) is 4.61. The van der Waals surface area contributed by atoms with Gasteiger partial charge in [0.2, 0.25) is 5.91 Å². The topological polar surface area (TPSA) is 95.4 Å². The lowest BCUT2D eigenvalue weighted by Crippen LogP contribution is -2.39. The van der Waals surface area contributed by atoms with E-state index >= 15 is 0 Å². The van der Waals surface area contributed by atoms with Gasteiger partial charge in [0.25, 0.3) is 0 Å². The SMILES string of the molecule is O=C(NCc1cccnn1)C1CC12CCN(C(=O)O)CC2. The first-order chi connectivity index (χ1) is 10.1. The number of carboxylic acid groups (broad SMARTS) is 1. The summed E-state index contributed by atoms with van der Waals surface area (Å²) >= 11 is 0. The van der Waals surface area contributed by atoms with Gasteiger partial charge in [-0.3, -0.25) is 4.79 Å². The fourth-order valence-corrected chi connectivity index (χ4v) is 3.14. The van der Waals surface area contributed by atoms with Gasteiger partial charge in [-0.2, -0.15) is 10.2 Å². The summed E-state index contributed by atoms with van der Waals surface area (Å²) < 4.78 is 0. The molecule has 1 saturated heterocycles. The maximum Gasteiger partial charge on any atom is 0.407 e. The smallest absolute Gasteiger partial charge is 0.407 e. The molecule has 0 aromatic carbocycles. The number of hydrogen-bond acceptors (Lipinski definition) is 4. The Hall–Kier alpha value is -2.18. The summed E-state index contributed by atoms with van der Waals surface area (Å²) in [5.74, 6) is 0.0644. The molecule has 7 nitrogen and oxygen atoms in total. The third kappa shape index (κ3) is 2.81. The average molecular weight is 290 g/mol. The molecule has 0 bridgehead atoms. The Labute approximate surface area is 122 Å². The number of carbonyl (C=O) groups excluding carboxylic acids is 1. The van der Waals surface area contributed by atoms with Crippen molar-refractivity contribution in [3.63, 3.8) is 0 Å². The monoisotopic (exact) mass is 290 g/mol. The van der Waals surface area contributed by atoms with Crippen LogP contribution in [0.15, 0.2) is 18.3 Å². The molecule has 2 amide bonds. The number of carbonyl (C=O) groups is 2. The van der Waals surface area contributed by atoms with Crippen LogP contribution in [-0.4, -0.2) is 45.3 Å².